The Kier molecular flexibility index (Phi) is 4.97. The summed E-state index contributed by atoms with van der Waals surface area (Å²) in [6.45, 7) is 0. The van der Waals surface area contributed by atoms with E-state index in [1.54, 1.807) is 11.3 Å². The minimum atomic E-state index is -0.303. The number of rotatable bonds is 5. The molecule has 0 spiro atoms. The molecule has 0 saturated carbocycles. The first-order chi connectivity index (χ1) is 8.72. The first kappa shape index (κ1) is 14.2. The van der Waals surface area contributed by atoms with Crippen LogP contribution in [0.25, 0.3) is 0 Å². The first-order valence-corrected chi connectivity index (χ1v) is 7.99. The Morgan fingerprint density at radius 2 is 1.78 bits per heavy atom. The normalized spacial score (nSPS) is 11.7. The summed E-state index contributed by atoms with van der Waals surface area (Å²) in [6, 6.07) is 9.90. The van der Waals surface area contributed by atoms with Crippen LogP contribution >= 0.6 is 46.1 Å². The summed E-state index contributed by atoms with van der Waals surface area (Å²) < 4.78 is 0. The van der Waals surface area contributed by atoms with Gasteiger partial charge in [0.15, 0.2) is 0 Å². The quantitative estimate of drug-likeness (QED) is 0.651. The van der Waals surface area contributed by atoms with Crippen molar-refractivity contribution in [3.63, 3.8) is 0 Å². The van der Waals surface area contributed by atoms with Gasteiger partial charge in [-0.25, -0.2) is 0 Å². The third kappa shape index (κ3) is 2.85. The molecule has 0 aliphatic carbocycles. The van der Waals surface area contributed by atoms with Crippen molar-refractivity contribution < 1.29 is 0 Å². The summed E-state index contributed by atoms with van der Waals surface area (Å²) in [4.78, 5) is 0. The molecule has 0 aliphatic rings. The minimum absolute atomic E-state index is 0.303. The fourth-order valence-corrected chi connectivity index (χ4v) is 3.81. The standard InChI is InChI=1S/C14H13Cl3S/c15-9-14(10-16,7-11-5-6-18-8-11)12-3-1-2-4-13(12)17/h1-6,8H,7,9-10H2. The van der Waals surface area contributed by atoms with Gasteiger partial charge in [0.25, 0.3) is 0 Å². The van der Waals surface area contributed by atoms with E-state index in [0.29, 0.717) is 11.8 Å². The highest BCUT2D eigenvalue weighted by Crippen LogP contribution is 2.36. The van der Waals surface area contributed by atoms with Crippen LogP contribution in [0.4, 0.5) is 0 Å². The van der Waals surface area contributed by atoms with E-state index in [9.17, 15) is 0 Å². The van der Waals surface area contributed by atoms with Crippen molar-refractivity contribution in [2.24, 2.45) is 0 Å². The molecule has 2 rings (SSSR count). The Morgan fingerprint density at radius 3 is 2.33 bits per heavy atom. The van der Waals surface area contributed by atoms with Crippen LogP contribution in [0.2, 0.25) is 5.02 Å². The molecule has 1 heterocycles. The van der Waals surface area contributed by atoms with Crippen LogP contribution in [0.3, 0.4) is 0 Å². The Labute approximate surface area is 126 Å². The summed E-state index contributed by atoms with van der Waals surface area (Å²) >= 11 is 20.4. The van der Waals surface area contributed by atoms with Gasteiger partial charge in [0.2, 0.25) is 0 Å². The highest BCUT2D eigenvalue weighted by atomic mass is 35.5. The average molecular weight is 320 g/mol. The second-order valence-electron chi connectivity index (χ2n) is 4.34. The van der Waals surface area contributed by atoms with Gasteiger partial charge in [-0.15, -0.1) is 23.2 Å². The van der Waals surface area contributed by atoms with Gasteiger partial charge in [-0.1, -0.05) is 29.8 Å². The number of alkyl halides is 2. The molecule has 0 atom stereocenters. The van der Waals surface area contributed by atoms with Crippen LogP contribution in [-0.2, 0) is 11.8 Å². The van der Waals surface area contributed by atoms with Gasteiger partial charge in [-0.2, -0.15) is 11.3 Å². The second kappa shape index (κ2) is 6.29. The minimum Gasteiger partial charge on any atom is -0.152 e. The molecule has 0 radical (unpaired) electrons. The van der Waals surface area contributed by atoms with Crippen molar-refractivity contribution in [1.29, 1.82) is 0 Å². The molecule has 0 nitrogen and oxygen atoms in total. The van der Waals surface area contributed by atoms with Gasteiger partial charge in [-0.3, -0.25) is 0 Å². The Balaban J connectivity index is 2.40. The van der Waals surface area contributed by atoms with E-state index in [-0.39, 0.29) is 5.41 Å². The zero-order chi connectivity index (χ0) is 13.0. The van der Waals surface area contributed by atoms with Gasteiger partial charge in [0, 0.05) is 22.2 Å². The molecule has 96 valence electrons. The highest BCUT2D eigenvalue weighted by molar-refractivity contribution is 7.07. The fraction of sp³-hybridized carbons (Fsp3) is 0.286. The van der Waals surface area contributed by atoms with Crippen LogP contribution in [0.5, 0.6) is 0 Å². The zero-order valence-corrected chi connectivity index (χ0v) is 12.8. The van der Waals surface area contributed by atoms with Crippen LogP contribution in [0.1, 0.15) is 11.1 Å². The molecule has 0 amide bonds. The first-order valence-electron chi connectivity index (χ1n) is 5.60. The fourth-order valence-electron chi connectivity index (χ4n) is 2.04. The number of benzene rings is 1. The molecule has 1 aromatic carbocycles. The maximum Gasteiger partial charge on any atom is 0.0444 e. The van der Waals surface area contributed by atoms with E-state index in [4.69, 9.17) is 34.8 Å². The molecule has 0 fully saturated rings. The van der Waals surface area contributed by atoms with Crippen molar-refractivity contribution >= 4 is 46.1 Å². The summed E-state index contributed by atoms with van der Waals surface area (Å²) in [5.41, 5.74) is 1.98. The van der Waals surface area contributed by atoms with Crippen LogP contribution in [0.15, 0.2) is 41.1 Å². The number of hydrogen-bond donors (Lipinski definition) is 0. The van der Waals surface area contributed by atoms with E-state index in [1.807, 2.05) is 24.3 Å². The van der Waals surface area contributed by atoms with Gasteiger partial charge >= 0.3 is 0 Å². The summed E-state index contributed by atoms with van der Waals surface area (Å²) in [6.07, 6.45) is 0.813. The third-order valence-electron chi connectivity index (χ3n) is 3.08. The molecule has 0 unspecified atom stereocenters. The third-order valence-corrected chi connectivity index (χ3v) is 5.16. The Hall–Kier alpha value is -0.210. The zero-order valence-electron chi connectivity index (χ0n) is 9.70. The molecule has 1 aromatic heterocycles. The van der Waals surface area contributed by atoms with Gasteiger partial charge in [0.1, 0.15) is 0 Å². The molecule has 4 heteroatoms. The van der Waals surface area contributed by atoms with E-state index in [1.165, 1.54) is 5.56 Å². The van der Waals surface area contributed by atoms with E-state index in [0.717, 1.165) is 17.0 Å². The average Bonchev–Trinajstić information content (AvgIpc) is 2.90. The van der Waals surface area contributed by atoms with Crippen LogP contribution in [-0.4, -0.2) is 11.8 Å². The number of halogens is 3. The van der Waals surface area contributed by atoms with Crippen LogP contribution < -0.4 is 0 Å². The molecular formula is C14H13Cl3S. The summed E-state index contributed by atoms with van der Waals surface area (Å²) in [5.74, 6) is 0.909. The largest absolute Gasteiger partial charge is 0.152 e. The van der Waals surface area contributed by atoms with Gasteiger partial charge in [0.05, 0.1) is 0 Å². The SMILES string of the molecule is ClCC(CCl)(Cc1ccsc1)c1ccccc1Cl. The van der Waals surface area contributed by atoms with Crippen molar-refractivity contribution in [3.05, 3.63) is 57.2 Å². The van der Waals surface area contributed by atoms with Crippen molar-refractivity contribution in [2.45, 2.75) is 11.8 Å². The van der Waals surface area contributed by atoms with Crippen LogP contribution in [0, 0.1) is 0 Å². The second-order valence-corrected chi connectivity index (χ2v) is 6.06. The highest BCUT2D eigenvalue weighted by Gasteiger charge is 2.32. The molecule has 18 heavy (non-hydrogen) atoms. The molecular weight excluding hydrogens is 307 g/mol. The lowest BCUT2D eigenvalue weighted by atomic mass is 9.79. The number of hydrogen-bond acceptors (Lipinski definition) is 1. The maximum atomic E-state index is 6.29. The smallest absolute Gasteiger partial charge is 0.0444 e. The summed E-state index contributed by atoms with van der Waals surface area (Å²) in [7, 11) is 0. The monoisotopic (exact) mass is 318 g/mol. The predicted octanol–water partition coefficient (Wildman–Crippen LogP) is 5.36. The van der Waals surface area contributed by atoms with E-state index < -0.39 is 0 Å². The van der Waals surface area contributed by atoms with E-state index >= 15 is 0 Å². The molecule has 0 saturated heterocycles. The molecule has 0 bridgehead atoms. The lowest BCUT2D eigenvalue weighted by Crippen LogP contribution is -2.33. The molecule has 0 aliphatic heterocycles. The Bertz CT molecular complexity index is 490. The Morgan fingerprint density at radius 1 is 1.06 bits per heavy atom. The molecule has 0 N–H and O–H groups in total. The van der Waals surface area contributed by atoms with E-state index in [2.05, 4.69) is 16.8 Å². The van der Waals surface area contributed by atoms with Crippen molar-refractivity contribution in [3.8, 4) is 0 Å². The lowest BCUT2D eigenvalue weighted by Gasteiger charge is -2.31. The lowest BCUT2D eigenvalue weighted by molar-refractivity contribution is 0.537. The number of thiophene rings is 1. The topological polar surface area (TPSA) is 0 Å². The van der Waals surface area contributed by atoms with Gasteiger partial charge < -0.3 is 0 Å². The molecule has 2 aromatic rings. The summed E-state index contributed by atoms with van der Waals surface area (Å²) in [5, 5.41) is 4.92. The van der Waals surface area contributed by atoms with Gasteiger partial charge in [-0.05, 0) is 40.4 Å². The predicted molar refractivity (Wildman–Crippen MR) is 82.6 cm³/mol. The van der Waals surface area contributed by atoms with Crippen molar-refractivity contribution in [1.82, 2.24) is 0 Å². The van der Waals surface area contributed by atoms with Crippen molar-refractivity contribution in [2.75, 3.05) is 11.8 Å². The maximum absolute atomic E-state index is 6.29.